The van der Waals surface area contributed by atoms with Crippen molar-refractivity contribution in [1.29, 1.82) is 0 Å². The predicted octanol–water partition coefficient (Wildman–Crippen LogP) is 1.90. The molecule has 14 heavy (non-hydrogen) atoms. The van der Waals surface area contributed by atoms with E-state index in [9.17, 15) is 0 Å². The van der Waals surface area contributed by atoms with Gasteiger partial charge in [-0.2, -0.15) is 0 Å². The lowest BCUT2D eigenvalue weighted by Gasteiger charge is -1.99. The average Bonchev–Trinajstić information content (AvgIpc) is 2.70. The quantitative estimate of drug-likeness (QED) is 0.797. The zero-order valence-corrected chi connectivity index (χ0v) is 8.20. The minimum absolute atomic E-state index is 0.961. The van der Waals surface area contributed by atoms with E-state index in [0.717, 1.165) is 24.2 Å². The van der Waals surface area contributed by atoms with Crippen molar-refractivity contribution in [3.63, 3.8) is 0 Å². The molecule has 0 unspecified atom stereocenters. The molecule has 0 saturated heterocycles. The van der Waals surface area contributed by atoms with E-state index in [1.807, 2.05) is 19.3 Å². The summed E-state index contributed by atoms with van der Waals surface area (Å²) in [5.74, 6) is 0. The minimum Gasteiger partial charge on any atom is -0.348 e. The molecule has 0 aliphatic carbocycles. The molecule has 0 spiro atoms. The first kappa shape index (κ1) is 8.94. The Balaban J connectivity index is 1.95. The van der Waals surface area contributed by atoms with Crippen LogP contribution in [0.1, 0.15) is 17.0 Å². The first-order valence-corrected chi connectivity index (χ1v) is 4.73. The number of pyridine rings is 1. The van der Waals surface area contributed by atoms with Gasteiger partial charge in [-0.05, 0) is 31.4 Å². The van der Waals surface area contributed by atoms with Gasteiger partial charge >= 0.3 is 0 Å². The third-order valence-corrected chi connectivity index (χ3v) is 2.18. The van der Waals surface area contributed by atoms with Crippen molar-refractivity contribution in [2.24, 2.45) is 0 Å². The molecule has 0 aliphatic rings. The standard InChI is InChI=1S/C11H13N3/c1-9-2-3-10(13-6-9)4-5-11-7-12-8-14-11/h2-3,6-8H,4-5H2,1H3,(H,12,14). The van der Waals surface area contributed by atoms with Gasteiger partial charge in [0.1, 0.15) is 0 Å². The van der Waals surface area contributed by atoms with Crippen LogP contribution in [0.5, 0.6) is 0 Å². The molecule has 2 aromatic rings. The topological polar surface area (TPSA) is 41.6 Å². The van der Waals surface area contributed by atoms with Crippen molar-refractivity contribution in [3.8, 4) is 0 Å². The predicted molar refractivity (Wildman–Crippen MR) is 55.0 cm³/mol. The van der Waals surface area contributed by atoms with Gasteiger partial charge in [0.2, 0.25) is 0 Å². The molecule has 0 saturated carbocycles. The van der Waals surface area contributed by atoms with E-state index in [1.54, 1.807) is 6.33 Å². The molecule has 0 fully saturated rings. The number of aromatic amines is 1. The van der Waals surface area contributed by atoms with Gasteiger partial charge in [0.25, 0.3) is 0 Å². The number of aromatic nitrogens is 3. The zero-order valence-electron chi connectivity index (χ0n) is 8.20. The lowest BCUT2D eigenvalue weighted by molar-refractivity contribution is 0.886. The molecule has 0 bridgehead atoms. The largest absolute Gasteiger partial charge is 0.348 e. The van der Waals surface area contributed by atoms with Crippen LogP contribution < -0.4 is 0 Å². The number of rotatable bonds is 3. The maximum atomic E-state index is 4.34. The van der Waals surface area contributed by atoms with Gasteiger partial charge in [-0.25, -0.2) is 4.98 Å². The number of nitrogens with zero attached hydrogens (tertiary/aromatic N) is 2. The van der Waals surface area contributed by atoms with Crippen molar-refractivity contribution in [1.82, 2.24) is 15.0 Å². The highest BCUT2D eigenvalue weighted by Gasteiger charge is 1.97. The summed E-state index contributed by atoms with van der Waals surface area (Å²) in [4.78, 5) is 11.4. The number of aryl methyl sites for hydroxylation is 3. The van der Waals surface area contributed by atoms with Crippen LogP contribution in [0.15, 0.2) is 30.9 Å². The molecule has 2 heterocycles. The molecule has 3 heteroatoms. The molecular weight excluding hydrogens is 174 g/mol. The van der Waals surface area contributed by atoms with Crippen LogP contribution in [0.2, 0.25) is 0 Å². The van der Waals surface area contributed by atoms with E-state index in [4.69, 9.17) is 0 Å². The fourth-order valence-electron chi connectivity index (χ4n) is 1.33. The number of H-pyrrole nitrogens is 1. The highest BCUT2D eigenvalue weighted by molar-refractivity contribution is 5.13. The summed E-state index contributed by atoms with van der Waals surface area (Å²) in [6, 6.07) is 4.17. The Bertz CT molecular complexity index is 375. The fraction of sp³-hybridized carbons (Fsp3) is 0.273. The molecule has 0 aliphatic heterocycles. The van der Waals surface area contributed by atoms with Crippen molar-refractivity contribution >= 4 is 0 Å². The summed E-state index contributed by atoms with van der Waals surface area (Å²) in [5.41, 5.74) is 3.49. The second kappa shape index (κ2) is 4.05. The highest BCUT2D eigenvalue weighted by atomic mass is 14.9. The van der Waals surface area contributed by atoms with E-state index < -0.39 is 0 Å². The van der Waals surface area contributed by atoms with Gasteiger partial charge in [0.05, 0.1) is 6.33 Å². The SMILES string of the molecule is Cc1ccc(CCc2cnc[nH]2)nc1. The van der Waals surface area contributed by atoms with Crippen LogP contribution in [-0.2, 0) is 12.8 Å². The summed E-state index contributed by atoms with van der Waals surface area (Å²) in [5, 5.41) is 0. The van der Waals surface area contributed by atoms with E-state index in [-0.39, 0.29) is 0 Å². The normalized spacial score (nSPS) is 10.4. The number of hydrogen-bond donors (Lipinski definition) is 1. The van der Waals surface area contributed by atoms with E-state index in [0.29, 0.717) is 0 Å². The molecule has 72 valence electrons. The van der Waals surface area contributed by atoms with Gasteiger partial charge in [-0.15, -0.1) is 0 Å². The van der Waals surface area contributed by atoms with Crippen LogP contribution in [-0.4, -0.2) is 15.0 Å². The zero-order chi connectivity index (χ0) is 9.80. The Hall–Kier alpha value is -1.64. The third kappa shape index (κ3) is 2.19. The summed E-state index contributed by atoms with van der Waals surface area (Å²) >= 11 is 0. The average molecular weight is 187 g/mol. The molecule has 2 aromatic heterocycles. The summed E-state index contributed by atoms with van der Waals surface area (Å²) < 4.78 is 0. The molecule has 0 amide bonds. The Morgan fingerprint density at radius 2 is 2.14 bits per heavy atom. The molecule has 0 atom stereocenters. The van der Waals surface area contributed by atoms with Crippen molar-refractivity contribution in [2.75, 3.05) is 0 Å². The second-order valence-electron chi connectivity index (χ2n) is 3.40. The lowest BCUT2D eigenvalue weighted by atomic mass is 10.2. The Morgan fingerprint density at radius 3 is 2.79 bits per heavy atom. The smallest absolute Gasteiger partial charge is 0.0921 e. The molecule has 3 nitrogen and oxygen atoms in total. The van der Waals surface area contributed by atoms with Gasteiger partial charge < -0.3 is 4.98 Å². The lowest BCUT2D eigenvalue weighted by Crippen LogP contribution is -1.94. The van der Waals surface area contributed by atoms with E-state index in [2.05, 4.69) is 27.1 Å². The molecule has 0 aromatic carbocycles. The van der Waals surface area contributed by atoms with Crippen LogP contribution in [0.25, 0.3) is 0 Å². The maximum absolute atomic E-state index is 4.34. The first-order chi connectivity index (χ1) is 6.84. The second-order valence-corrected chi connectivity index (χ2v) is 3.40. The maximum Gasteiger partial charge on any atom is 0.0921 e. The van der Waals surface area contributed by atoms with Crippen LogP contribution in [0, 0.1) is 6.92 Å². The van der Waals surface area contributed by atoms with Crippen LogP contribution in [0.3, 0.4) is 0 Å². The number of hydrogen-bond acceptors (Lipinski definition) is 2. The summed E-state index contributed by atoms with van der Waals surface area (Å²) in [6.07, 6.45) is 7.40. The summed E-state index contributed by atoms with van der Waals surface area (Å²) in [7, 11) is 0. The van der Waals surface area contributed by atoms with E-state index >= 15 is 0 Å². The Labute approximate surface area is 83.2 Å². The monoisotopic (exact) mass is 187 g/mol. The Morgan fingerprint density at radius 1 is 1.21 bits per heavy atom. The van der Waals surface area contributed by atoms with E-state index in [1.165, 1.54) is 5.56 Å². The third-order valence-electron chi connectivity index (χ3n) is 2.18. The Kier molecular flexibility index (Phi) is 2.58. The molecule has 0 radical (unpaired) electrons. The minimum atomic E-state index is 0.961. The molecule has 2 rings (SSSR count). The molecular formula is C11H13N3. The van der Waals surface area contributed by atoms with Gasteiger partial charge in [0, 0.05) is 23.8 Å². The van der Waals surface area contributed by atoms with Crippen LogP contribution in [0.4, 0.5) is 0 Å². The van der Waals surface area contributed by atoms with Gasteiger partial charge in [0.15, 0.2) is 0 Å². The fourth-order valence-corrected chi connectivity index (χ4v) is 1.33. The van der Waals surface area contributed by atoms with Crippen molar-refractivity contribution in [2.45, 2.75) is 19.8 Å². The first-order valence-electron chi connectivity index (χ1n) is 4.73. The number of nitrogens with one attached hydrogen (secondary N) is 1. The van der Waals surface area contributed by atoms with Gasteiger partial charge in [-0.3, -0.25) is 4.98 Å². The van der Waals surface area contributed by atoms with Crippen molar-refractivity contribution < 1.29 is 0 Å². The molecule has 1 N–H and O–H groups in total. The van der Waals surface area contributed by atoms with Gasteiger partial charge in [-0.1, -0.05) is 6.07 Å². The number of imidazole rings is 1. The van der Waals surface area contributed by atoms with Crippen molar-refractivity contribution in [3.05, 3.63) is 47.8 Å². The van der Waals surface area contributed by atoms with Crippen LogP contribution >= 0.6 is 0 Å². The summed E-state index contributed by atoms with van der Waals surface area (Å²) in [6.45, 7) is 2.05. The highest BCUT2D eigenvalue weighted by Crippen LogP contribution is 2.03.